The summed E-state index contributed by atoms with van der Waals surface area (Å²) in [5.41, 5.74) is 1.18. The van der Waals surface area contributed by atoms with Crippen molar-refractivity contribution in [1.29, 1.82) is 0 Å². The van der Waals surface area contributed by atoms with Gasteiger partial charge < -0.3 is 4.43 Å². The van der Waals surface area contributed by atoms with E-state index < -0.39 is 8.32 Å². The van der Waals surface area contributed by atoms with Crippen molar-refractivity contribution in [3.63, 3.8) is 0 Å². The van der Waals surface area contributed by atoms with E-state index in [2.05, 4.69) is 25.0 Å². The minimum absolute atomic E-state index is 0.856. The Morgan fingerprint density at radius 2 is 1.92 bits per heavy atom. The number of aliphatic imine (C=N–C) groups is 1. The molecule has 0 atom stereocenters. The molecule has 3 heteroatoms. The van der Waals surface area contributed by atoms with Gasteiger partial charge in [-0.25, -0.2) is 0 Å². The first-order valence-electron chi connectivity index (χ1n) is 5.09. The van der Waals surface area contributed by atoms with Gasteiger partial charge in [-0.1, -0.05) is 0 Å². The number of nitrogens with zero attached hydrogens (tertiary/aromatic N) is 1. The molecular weight excluding hydrogens is 178 g/mol. The molecule has 0 bridgehead atoms. The molecule has 0 aliphatic carbocycles. The lowest BCUT2D eigenvalue weighted by atomic mass is 10.4. The zero-order chi connectivity index (χ0) is 10.3. The van der Waals surface area contributed by atoms with Crippen molar-refractivity contribution in [2.75, 3.05) is 13.2 Å². The van der Waals surface area contributed by atoms with E-state index in [0.717, 1.165) is 13.2 Å². The average Bonchev–Trinajstić information content (AvgIpc) is 1.98. The first kappa shape index (κ1) is 12.8. The largest absolute Gasteiger partial charge is 0.418 e. The molecule has 0 N–H and O–H groups in total. The van der Waals surface area contributed by atoms with E-state index in [1.165, 1.54) is 18.2 Å². The third-order valence-electron chi connectivity index (χ3n) is 1.90. The van der Waals surface area contributed by atoms with Crippen molar-refractivity contribution < 1.29 is 4.43 Å². The summed E-state index contributed by atoms with van der Waals surface area (Å²) in [6.45, 7) is 12.5. The van der Waals surface area contributed by atoms with Crippen LogP contribution in [0.3, 0.4) is 0 Å². The highest BCUT2D eigenvalue weighted by Crippen LogP contribution is 2.13. The van der Waals surface area contributed by atoms with Gasteiger partial charge in [0.15, 0.2) is 8.32 Å². The fourth-order valence-electron chi connectivity index (χ4n) is 1.27. The van der Waals surface area contributed by atoms with Crippen molar-refractivity contribution >= 4 is 14.0 Å². The Morgan fingerprint density at radius 1 is 1.31 bits per heavy atom. The van der Waals surface area contributed by atoms with Gasteiger partial charge in [0.05, 0.1) is 0 Å². The summed E-state index contributed by atoms with van der Waals surface area (Å²) in [6.07, 6.45) is 1.17. The highest BCUT2D eigenvalue weighted by molar-refractivity contribution is 6.71. The Balaban J connectivity index is 3.57. The van der Waals surface area contributed by atoms with Crippen LogP contribution in [-0.2, 0) is 4.43 Å². The minimum atomic E-state index is -1.34. The van der Waals surface area contributed by atoms with E-state index in [0.29, 0.717) is 0 Å². The van der Waals surface area contributed by atoms with Gasteiger partial charge in [-0.2, -0.15) is 0 Å². The molecule has 0 aliphatic heterocycles. The van der Waals surface area contributed by atoms with Gasteiger partial charge in [0, 0.05) is 18.9 Å². The second-order valence-electron chi connectivity index (χ2n) is 4.13. The fraction of sp³-hybridized carbons (Fsp3) is 0.900. The first-order chi connectivity index (χ1) is 5.98. The third-order valence-corrected chi connectivity index (χ3v) is 4.53. The SMILES string of the molecule is CCO[Si](C)(C)CCCN=C(C)C. The molecule has 0 radical (unpaired) electrons. The molecule has 0 spiro atoms. The molecule has 13 heavy (non-hydrogen) atoms. The Hall–Kier alpha value is -0.153. The number of rotatable bonds is 6. The summed E-state index contributed by atoms with van der Waals surface area (Å²) in [6, 6.07) is 1.22. The summed E-state index contributed by atoms with van der Waals surface area (Å²) in [7, 11) is -1.34. The van der Waals surface area contributed by atoms with Gasteiger partial charge in [0.2, 0.25) is 0 Å². The lowest BCUT2D eigenvalue weighted by Gasteiger charge is -2.21. The molecule has 2 nitrogen and oxygen atoms in total. The van der Waals surface area contributed by atoms with E-state index in [4.69, 9.17) is 4.43 Å². The van der Waals surface area contributed by atoms with E-state index in [1.54, 1.807) is 0 Å². The molecule has 0 amide bonds. The average molecular weight is 201 g/mol. The highest BCUT2D eigenvalue weighted by Gasteiger charge is 2.20. The Kier molecular flexibility index (Phi) is 6.25. The van der Waals surface area contributed by atoms with Crippen LogP contribution in [0.5, 0.6) is 0 Å². The lowest BCUT2D eigenvalue weighted by Crippen LogP contribution is -2.30. The molecule has 0 rings (SSSR count). The molecule has 0 fully saturated rings. The molecule has 78 valence electrons. The molecular formula is C10H23NOSi. The summed E-state index contributed by atoms with van der Waals surface area (Å²) in [5.74, 6) is 0. The van der Waals surface area contributed by atoms with Gasteiger partial charge >= 0.3 is 0 Å². The number of hydrogen-bond acceptors (Lipinski definition) is 2. The quantitative estimate of drug-likeness (QED) is 0.367. The summed E-state index contributed by atoms with van der Waals surface area (Å²) < 4.78 is 5.73. The van der Waals surface area contributed by atoms with E-state index >= 15 is 0 Å². The molecule has 0 aliphatic rings. The van der Waals surface area contributed by atoms with Crippen LogP contribution in [0.15, 0.2) is 4.99 Å². The van der Waals surface area contributed by atoms with Crippen LogP contribution in [0.2, 0.25) is 19.1 Å². The molecule has 0 aromatic heterocycles. The van der Waals surface area contributed by atoms with E-state index in [-0.39, 0.29) is 0 Å². The maximum Gasteiger partial charge on any atom is 0.186 e. The van der Waals surface area contributed by atoms with Gasteiger partial charge in [-0.3, -0.25) is 4.99 Å². The fourth-order valence-corrected chi connectivity index (χ4v) is 3.21. The predicted molar refractivity (Wildman–Crippen MR) is 62.2 cm³/mol. The van der Waals surface area contributed by atoms with Gasteiger partial charge in [-0.15, -0.1) is 0 Å². The van der Waals surface area contributed by atoms with Crippen LogP contribution in [0.1, 0.15) is 27.2 Å². The Bertz CT molecular complexity index is 162. The maximum absolute atomic E-state index is 5.73. The first-order valence-corrected chi connectivity index (χ1v) is 8.21. The standard InChI is InChI=1S/C10H23NOSi/c1-6-12-13(4,5)9-7-8-11-10(2)3/h6-9H2,1-5H3. The van der Waals surface area contributed by atoms with Gasteiger partial charge in [0.1, 0.15) is 0 Å². The normalized spacial score (nSPS) is 11.5. The van der Waals surface area contributed by atoms with Crippen molar-refractivity contribution in [3.05, 3.63) is 0 Å². The molecule has 0 aromatic carbocycles. The molecule has 0 aromatic rings. The summed E-state index contributed by atoms with van der Waals surface area (Å²) in [4.78, 5) is 4.37. The Labute approximate surface area is 83.5 Å². The van der Waals surface area contributed by atoms with Crippen molar-refractivity contribution in [3.8, 4) is 0 Å². The molecule has 0 saturated heterocycles. The smallest absolute Gasteiger partial charge is 0.186 e. The van der Waals surface area contributed by atoms with Crippen molar-refractivity contribution in [1.82, 2.24) is 0 Å². The van der Waals surface area contributed by atoms with Crippen LogP contribution in [-0.4, -0.2) is 27.2 Å². The van der Waals surface area contributed by atoms with E-state index in [1.807, 2.05) is 13.8 Å². The summed E-state index contributed by atoms with van der Waals surface area (Å²) in [5, 5.41) is 0. The lowest BCUT2D eigenvalue weighted by molar-refractivity contribution is 0.328. The second-order valence-corrected chi connectivity index (χ2v) is 8.43. The Morgan fingerprint density at radius 3 is 2.38 bits per heavy atom. The molecule has 0 unspecified atom stereocenters. The molecule has 0 heterocycles. The van der Waals surface area contributed by atoms with Crippen molar-refractivity contribution in [2.45, 2.75) is 46.3 Å². The van der Waals surface area contributed by atoms with Crippen LogP contribution in [0.25, 0.3) is 0 Å². The monoisotopic (exact) mass is 201 g/mol. The summed E-state index contributed by atoms with van der Waals surface area (Å²) >= 11 is 0. The third kappa shape index (κ3) is 8.18. The topological polar surface area (TPSA) is 21.6 Å². The predicted octanol–water partition coefficient (Wildman–Crippen LogP) is 3.10. The zero-order valence-electron chi connectivity index (χ0n) is 9.68. The highest BCUT2D eigenvalue weighted by atomic mass is 28.4. The van der Waals surface area contributed by atoms with Crippen LogP contribution in [0, 0.1) is 0 Å². The number of hydrogen-bond donors (Lipinski definition) is 0. The maximum atomic E-state index is 5.73. The van der Waals surface area contributed by atoms with Crippen molar-refractivity contribution in [2.24, 2.45) is 4.99 Å². The van der Waals surface area contributed by atoms with Gasteiger partial charge in [-0.05, 0) is 46.3 Å². The van der Waals surface area contributed by atoms with Gasteiger partial charge in [0.25, 0.3) is 0 Å². The van der Waals surface area contributed by atoms with Crippen LogP contribution < -0.4 is 0 Å². The second kappa shape index (κ2) is 6.32. The molecule has 0 saturated carbocycles. The zero-order valence-corrected chi connectivity index (χ0v) is 10.7. The van der Waals surface area contributed by atoms with Crippen LogP contribution >= 0.6 is 0 Å². The minimum Gasteiger partial charge on any atom is -0.418 e. The van der Waals surface area contributed by atoms with E-state index in [9.17, 15) is 0 Å². The van der Waals surface area contributed by atoms with Crippen LogP contribution in [0.4, 0.5) is 0 Å².